The molecule has 0 aliphatic rings. The highest BCUT2D eigenvalue weighted by Crippen LogP contribution is 2.39. The Morgan fingerprint density at radius 1 is 1.09 bits per heavy atom. The first kappa shape index (κ1) is 23.1. The normalized spacial score (nSPS) is 12.6. The lowest BCUT2D eigenvalue weighted by molar-refractivity contribution is 0.0824. The number of carbonyl (C=O) groups excluding carboxylic acids is 1. The minimum Gasteiger partial charge on any atom is -0.505 e. The number of anilines is 3. The highest BCUT2D eigenvalue weighted by molar-refractivity contribution is 5.99. The Morgan fingerprint density at radius 2 is 1.72 bits per heavy atom. The third kappa shape index (κ3) is 4.12. The fourth-order valence-corrected chi connectivity index (χ4v) is 3.44. The summed E-state index contributed by atoms with van der Waals surface area (Å²) in [6.07, 6.45) is 0. The van der Waals surface area contributed by atoms with Crippen LogP contribution >= 0.6 is 0 Å². The van der Waals surface area contributed by atoms with Crippen LogP contribution in [0.15, 0.2) is 38.3 Å². The topological polar surface area (TPSA) is 112 Å². The SMILES string of the molecule is Cc1cc([C@H](Nc2c(Nc3cccc(C(=O)N(C)C)c3O)c(=O)c2=O)C(C)(C)C)oc1C. The maximum atomic E-state index is 12.4. The maximum absolute atomic E-state index is 12.4. The van der Waals surface area contributed by atoms with E-state index in [0.717, 1.165) is 11.3 Å². The number of rotatable bonds is 6. The number of aromatic hydroxyl groups is 1. The van der Waals surface area contributed by atoms with Crippen LogP contribution in [-0.4, -0.2) is 30.0 Å². The summed E-state index contributed by atoms with van der Waals surface area (Å²) in [6.45, 7) is 9.81. The molecular weight excluding hydrogens is 410 g/mol. The van der Waals surface area contributed by atoms with Gasteiger partial charge < -0.3 is 25.1 Å². The van der Waals surface area contributed by atoms with Crippen LogP contribution in [0.1, 0.15) is 54.3 Å². The van der Waals surface area contributed by atoms with E-state index in [1.165, 1.54) is 17.0 Å². The number of carbonyl (C=O) groups is 1. The summed E-state index contributed by atoms with van der Waals surface area (Å²) in [5.41, 5.74) is -0.302. The average molecular weight is 440 g/mol. The lowest BCUT2D eigenvalue weighted by atomic mass is 9.84. The van der Waals surface area contributed by atoms with Crippen molar-refractivity contribution in [2.24, 2.45) is 5.41 Å². The number of phenols is 1. The summed E-state index contributed by atoms with van der Waals surface area (Å²) in [6, 6.07) is 6.14. The molecule has 2 aromatic carbocycles. The van der Waals surface area contributed by atoms with E-state index in [4.69, 9.17) is 4.42 Å². The van der Waals surface area contributed by atoms with Crippen LogP contribution in [0.4, 0.5) is 17.1 Å². The van der Waals surface area contributed by atoms with Crippen molar-refractivity contribution < 1.29 is 14.3 Å². The van der Waals surface area contributed by atoms with Crippen molar-refractivity contribution in [3.63, 3.8) is 0 Å². The van der Waals surface area contributed by atoms with E-state index >= 15 is 0 Å². The maximum Gasteiger partial charge on any atom is 0.257 e. The standard InChI is InChI=1S/C24H29N3O5/c1-12-11-16(32-13(12)2)22(24(3,4)5)26-18-17(20(29)21(18)30)25-15-10-8-9-14(19(15)28)23(31)27(6)7/h8-11,22,25-26,28H,1-7H3/t22-/m0/s1. The van der Waals surface area contributed by atoms with Gasteiger partial charge in [-0.3, -0.25) is 14.4 Å². The van der Waals surface area contributed by atoms with Gasteiger partial charge >= 0.3 is 0 Å². The van der Waals surface area contributed by atoms with Gasteiger partial charge in [-0.1, -0.05) is 26.8 Å². The number of furan rings is 1. The number of hydrogen-bond acceptors (Lipinski definition) is 7. The summed E-state index contributed by atoms with van der Waals surface area (Å²) in [7, 11) is 3.15. The third-order valence-corrected chi connectivity index (χ3v) is 5.47. The lowest BCUT2D eigenvalue weighted by Gasteiger charge is -2.31. The van der Waals surface area contributed by atoms with Crippen LogP contribution in [-0.2, 0) is 0 Å². The summed E-state index contributed by atoms with van der Waals surface area (Å²) < 4.78 is 5.89. The summed E-state index contributed by atoms with van der Waals surface area (Å²) >= 11 is 0. The van der Waals surface area contributed by atoms with Crippen molar-refractivity contribution in [1.29, 1.82) is 0 Å². The van der Waals surface area contributed by atoms with Crippen LogP contribution in [0.3, 0.4) is 0 Å². The van der Waals surface area contributed by atoms with Crippen LogP contribution in [0.5, 0.6) is 5.75 Å². The molecule has 0 aliphatic heterocycles. The first-order valence-corrected chi connectivity index (χ1v) is 10.3. The fourth-order valence-electron chi connectivity index (χ4n) is 3.44. The Labute approximate surface area is 186 Å². The molecule has 32 heavy (non-hydrogen) atoms. The van der Waals surface area contributed by atoms with E-state index in [0.29, 0.717) is 5.76 Å². The summed E-state index contributed by atoms with van der Waals surface area (Å²) in [4.78, 5) is 38.4. The van der Waals surface area contributed by atoms with Crippen molar-refractivity contribution in [3.05, 3.63) is 67.4 Å². The van der Waals surface area contributed by atoms with Gasteiger partial charge in [-0.15, -0.1) is 0 Å². The number of para-hydroxylation sites is 1. The molecule has 0 aliphatic carbocycles. The van der Waals surface area contributed by atoms with Gasteiger partial charge in [-0.25, -0.2) is 0 Å². The highest BCUT2D eigenvalue weighted by Gasteiger charge is 2.33. The number of nitrogens with one attached hydrogen (secondary N) is 2. The molecule has 3 aromatic rings. The zero-order valence-electron chi connectivity index (χ0n) is 19.4. The minimum absolute atomic E-state index is 0.0361. The van der Waals surface area contributed by atoms with Gasteiger partial charge in [0.2, 0.25) is 0 Å². The highest BCUT2D eigenvalue weighted by atomic mass is 16.3. The number of phenolic OH excluding ortho intramolecular Hbond substituents is 1. The van der Waals surface area contributed by atoms with Crippen molar-refractivity contribution >= 4 is 23.0 Å². The molecule has 8 heteroatoms. The number of aryl methyl sites for hydroxylation is 2. The second kappa shape index (κ2) is 8.18. The molecule has 0 fully saturated rings. The molecule has 0 spiro atoms. The van der Waals surface area contributed by atoms with Gasteiger partial charge in [0.1, 0.15) is 22.9 Å². The van der Waals surface area contributed by atoms with Gasteiger partial charge in [0.05, 0.1) is 17.3 Å². The Hall–Kier alpha value is -3.55. The molecule has 1 aromatic heterocycles. The molecule has 8 nitrogen and oxygen atoms in total. The van der Waals surface area contributed by atoms with Crippen LogP contribution in [0, 0.1) is 19.3 Å². The van der Waals surface area contributed by atoms with Crippen LogP contribution in [0.25, 0.3) is 0 Å². The van der Waals surface area contributed by atoms with Gasteiger partial charge in [0.25, 0.3) is 16.8 Å². The Balaban J connectivity index is 1.97. The number of amides is 1. The Bertz CT molecular complexity index is 1220. The second-order valence-electron chi connectivity index (χ2n) is 9.27. The molecule has 0 radical (unpaired) electrons. The number of nitrogens with zero attached hydrogens (tertiary/aromatic N) is 1. The summed E-state index contributed by atoms with van der Waals surface area (Å²) in [5, 5.41) is 16.6. The lowest BCUT2D eigenvalue weighted by Crippen LogP contribution is -2.39. The molecule has 3 N–H and O–H groups in total. The molecule has 0 unspecified atom stereocenters. The zero-order chi connectivity index (χ0) is 24.0. The molecule has 1 heterocycles. The smallest absolute Gasteiger partial charge is 0.257 e. The molecule has 1 atom stereocenters. The molecule has 3 rings (SSSR count). The third-order valence-electron chi connectivity index (χ3n) is 5.47. The van der Waals surface area contributed by atoms with Gasteiger partial charge in [0.15, 0.2) is 5.75 Å². The first-order chi connectivity index (χ1) is 14.8. The predicted molar refractivity (Wildman–Crippen MR) is 125 cm³/mol. The quantitative estimate of drug-likeness (QED) is 0.395. The minimum atomic E-state index is -0.698. The molecule has 0 saturated heterocycles. The zero-order valence-corrected chi connectivity index (χ0v) is 19.4. The molecule has 0 saturated carbocycles. The van der Waals surface area contributed by atoms with Crippen LogP contribution < -0.4 is 21.5 Å². The number of benzene rings is 1. The van der Waals surface area contributed by atoms with E-state index in [1.54, 1.807) is 20.2 Å². The van der Waals surface area contributed by atoms with Crippen molar-refractivity contribution in [1.82, 2.24) is 4.90 Å². The molecule has 0 bridgehead atoms. The van der Waals surface area contributed by atoms with E-state index < -0.39 is 10.9 Å². The number of hydrogen-bond donors (Lipinski definition) is 3. The van der Waals surface area contributed by atoms with Crippen molar-refractivity contribution in [2.45, 2.75) is 40.7 Å². The van der Waals surface area contributed by atoms with Crippen molar-refractivity contribution in [2.75, 3.05) is 24.7 Å². The average Bonchev–Trinajstić information content (AvgIpc) is 3.04. The van der Waals surface area contributed by atoms with Gasteiger partial charge in [0, 0.05) is 14.1 Å². The monoisotopic (exact) mass is 439 g/mol. The van der Waals surface area contributed by atoms with E-state index in [-0.39, 0.29) is 45.7 Å². The van der Waals surface area contributed by atoms with Gasteiger partial charge in [-0.2, -0.15) is 0 Å². The van der Waals surface area contributed by atoms with Gasteiger partial charge in [-0.05, 0) is 43.0 Å². The predicted octanol–water partition coefficient (Wildman–Crippen LogP) is 3.84. The van der Waals surface area contributed by atoms with Crippen molar-refractivity contribution in [3.8, 4) is 5.75 Å². The summed E-state index contributed by atoms with van der Waals surface area (Å²) in [5.74, 6) is 0.764. The second-order valence-corrected chi connectivity index (χ2v) is 9.27. The largest absolute Gasteiger partial charge is 0.505 e. The Morgan fingerprint density at radius 3 is 2.25 bits per heavy atom. The first-order valence-electron chi connectivity index (χ1n) is 10.3. The molecule has 1 amide bonds. The van der Waals surface area contributed by atoms with E-state index in [9.17, 15) is 19.5 Å². The molecule has 170 valence electrons. The molecular formula is C24H29N3O5. The van der Waals surface area contributed by atoms with E-state index in [2.05, 4.69) is 10.6 Å². The van der Waals surface area contributed by atoms with Crippen LogP contribution in [0.2, 0.25) is 0 Å². The fraction of sp³-hybridized carbons (Fsp3) is 0.375. The Kier molecular flexibility index (Phi) is 5.91. The van der Waals surface area contributed by atoms with E-state index in [1.807, 2.05) is 40.7 Å².